The summed E-state index contributed by atoms with van der Waals surface area (Å²) in [4.78, 5) is 35.7. The number of nitrogens with one attached hydrogen (secondary N) is 1. The van der Waals surface area contributed by atoms with Crippen LogP contribution >= 0.6 is 0 Å². The van der Waals surface area contributed by atoms with Gasteiger partial charge in [0.25, 0.3) is 5.91 Å². The first-order chi connectivity index (χ1) is 15.0. The van der Waals surface area contributed by atoms with Gasteiger partial charge in [0.15, 0.2) is 13.2 Å². The lowest BCUT2D eigenvalue weighted by molar-refractivity contribution is -0.150. The molecule has 1 N–H and O–H groups in total. The molecule has 31 heavy (non-hydrogen) atoms. The van der Waals surface area contributed by atoms with Gasteiger partial charge < -0.3 is 19.2 Å². The highest BCUT2D eigenvalue weighted by atomic mass is 16.6. The van der Waals surface area contributed by atoms with Crippen molar-refractivity contribution in [3.05, 3.63) is 76.1 Å². The van der Waals surface area contributed by atoms with E-state index >= 15 is 0 Å². The van der Waals surface area contributed by atoms with Crippen molar-refractivity contribution in [1.82, 2.24) is 5.32 Å². The van der Waals surface area contributed by atoms with Crippen LogP contribution in [0.15, 0.2) is 63.8 Å². The number of fused-ring (bicyclic) bond motifs is 1. The predicted octanol–water partition coefficient (Wildman–Crippen LogP) is 3.68. The van der Waals surface area contributed by atoms with E-state index in [1.165, 1.54) is 6.07 Å². The molecule has 2 aromatic carbocycles. The third kappa shape index (κ3) is 6.18. The number of amides is 1. The molecule has 0 aliphatic heterocycles. The SMILES string of the molecule is CCC[C@H](NC(=O)COC(=O)COc1ccc2c(C)cc(=O)oc2c1)c1ccccc1. The lowest BCUT2D eigenvalue weighted by Gasteiger charge is -2.18. The zero-order valence-corrected chi connectivity index (χ0v) is 17.6. The molecule has 0 aliphatic rings. The summed E-state index contributed by atoms with van der Waals surface area (Å²) in [5.74, 6) is -0.693. The van der Waals surface area contributed by atoms with E-state index in [9.17, 15) is 14.4 Å². The highest BCUT2D eigenvalue weighted by Gasteiger charge is 2.15. The van der Waals surface area contributed by atoms with E-state index in [1.807, 2.05) is 44.2 Å². The van der Waals surface area contributed by atoms with E-state index in [0.29, 0.717) is 11.3 Å². The van der Waals surface area contributed by atoms with Gasteiger partial charge in [-0.2, -0.15) is 0 Å². The van der Waals surface area contributed by atoms with Gasteiger partial charge in [-0.25, -0.2) is 9.59 Å². The van der Waals surface area contributed by atoms with E-state index in [0.717, 1.165) is 29.4 Å². The molecule has 0 unspecified atom stereocenters. The molecule has 0 spiro atoms. The maximum atomic E-state index is 12.2. The van der Waals surface area contributed by atoms with Crippen molar-refractivity contribution in [2.45, 2.75) is 32.7 Å². The van der Waals surface area contributed by atoms with Crippen LogP contribution in [0.5, 0.6) is 5.75 Å². The zero-order chi connectivity index (χ0) is 22.2. The average Bonchev–Trinajstić information content (AvgIpc) is 2.76. The number of carbonyl (C=O) groups is 2. The fourth-order valence-corrected chi connectivity index (χ4v) is 3.26. The number of benzene rings is 2. The second-order valence-electron chi connectivity index (χ2n) is 7.18. The fraction of sp³-hybridized carbons (Fsp3) is 0.292. The summed E-state index contributed by atoms with van der Waals surface area (Å²) >= 11 is 0. The fourth-order valence-electron chi connectivity index (χ4n) is 3.26. The summed E-state index contributed by atoms with van der Waals surface area (Å²) in [6.45, 7) is 3.09. The van der Waals surface area contributed by atoms with E-state index < -0.39 is 11.6 Å². The summed E-state index contributed by atoms with van der Waals surface area (Å²) in [5, 5.41) is 3.68. The van der Waals surface area contributed by atoms with E-state index in [1.54, 1.807) is 18.2 Å². The van der Waals surface area contributed by atoms with Crippen LogP contribution in [0.4, 0.5) is 0 Å². The Labute approximate surface area is 180 Å². The lowest BCUT2D eigenvalue weighted by atomic mass is 10.0. The van der Waals surface area contributed by atoms with Crippen molar-refractivity contribution in [1.29, 1.82) is 0 Å². The molecule has 7 heteroatoms. The number of hydrogen-bond acceptors (Lipinski definition) is 6. The van der Waals surface area contributed by atoms with Crippen molar-refractivity contribution in [3.63, 3.8) is 0 Å². The highest BCUT2D eigenvalue weighted by molar-refractivity contribution is 5.82. The van der Waals surface area contributed by atoms with Crippen LogP contribution < -0.4 is 15.7 Å². The van der Waals surface area contributed by atoms with Gasteiger partial charge in [-0.1, -0.05) is 43.7 Å². The van der Waals surface area contributed by atoms with Crippen LogP contribution in [0.3, 0.4) is 0 Å². The van der Waals surface area contributed by atoms with Crippen LogP contribution in [0.25, 0.3) is 11.0 Å². The van der Waals surface area contributed by atoms with Gasteiger partial charge in [-0.3, -0.25) is 4.79 Å². The Hall–Kier alpha value is -3.61. The van der Waals surface area contributed by atoms with Crippen LogP contribution in [-0.4, -0.2) is 25.1 Å². The van der Waals surface area contributed by atoms with Gasteiger partial charge >= 0.3 is 11.6 Å². The summed E-state index contributed by atoms with van der Waals surface area (Å²) in [6, 6.07) is 15.9. The normalized spacial score (nSPS) is 11.7. The van der Waals surface area contributed by atoms with Gasteiger partial charge in [-0.15, -0.1) is 0 Å². The van der Waals surface area contributed by atoms with Crippen LogP contribution in [0, 0.1) is 6.92 Å². The van der Waals surface area contributed by atoms with Gasteiger partial charge in [0.2, 0.25) is 0 Å². The Morgan fingerprint density at radius 2 is 1.84 bits per heavy atom. The molecule has 1 atom stereocenters. The number of esters is 1. The zero-order valence-electron chi connectivity index (χ0n) is 17.6. The predicted molar refractivity (Wildman–Crippen MR) is 116 cm³/mol. The monoisotopic (exact) mass is 423 g/mol. The molecule has 162 valence electrons. The van der Waals surface area contributed by atoms with Crippen LogP contribution in [-0.2, 0) is 14.3 Å². The molecule has 0 saturated heterocycles. The summed E-state index contributed by atoms with van der Waals surface area (Å²) in [6.07, 6.45) is 1.68. The third-order valence-corrected chi connectivity index (χ3v) is 4.76. The molecule has 1 heterocycles. The van der Waals surface area contributed by atoms with E-state index in [-0.39, 0.29) is 25.2 Å². The first kappa shape index (κ1) is 22.1. The van der Waals surface area contributed by atoms with Gasteiger partial charge in [0, 0.05) is 17.5 Å². The average molecular weight is 423 g/mol. The summed E-state index contributed by atoms with van der Waals surface area (Å²) in [7, 11) is 0. The molecule has 7 nitrogen and oxygen atoms in total. The van der Waals surface area contributed by atoms with Gasteiger partial charge in [-0.05, 0) is 36.6 Å². The standard InChI is InChI=1S/C24H25NO6/c1-3-7-20(17-8-5-4-6-9-17)25-22(26)14-30-24(28)15-29-18-10-11-19-16(2)12-23(27)31-21(19)13-18/h4-6,8-13,20H,3,7,14-15H2,1-2H3,(H,25,26)/t20-/m0/s1. The first-order valence-electron chi connectivity index (χ1n) is 10.1. The number of aryl methyl sites for hydroxylation is 1. The molecule has 0 aliphatic carbocycles. The van der Waals surface area contributed by atoms with E-state index in [4.69, 9.17) is 13.9 Å². The molecule has 1 aromatic heterocycles. The second kappa shape index (κ2) is 10.4. The molecule has 0 fully saturated rings. The Bertz CT molecular complexity index is 1110. The first-order valence-corrected chi connectivity index (χ1v) is 10.1. The molecule has 3 aromatic rings. The minimum absolute atomic E-state index is 0.135. The Kier molecular flexibility index (Phi) is 7.43. The highest BCUT2D eigenvalue weighted by Crippen LogP contribution is 2.22. The van der Waals surface area contributed by atoms with Crippen molar-refractivity contribution in [3.8, 4) is 5.75 Å². The molecule has 0 radical (unpaired) electrons. The molecule has 0 saturated carbocycles. The topological polar surface area (TPSA) is 94.8 Å². The number of rotatable bonds is 9. The smallest absolute Gasteiger partial charge is 0.344 e. The number of ether oxygens (including phenoxy) is 2. The number of hydrogen-bond donors (Lipinski definition) is 1. The molecule has 3 rings (SSSR count). The van der Waals surface area contributed by atoms with Gasteiger partial charge in [0.05, 0.1) is 6.04 Å². The molecular formula is C24H25NO6. The summed E-state index contributed by atoms with van der Waals surface area (Å²) in [5.41, 5.74) is 1.72. The molecule has 1 amide bonds. The van der Waals surface area contributed by atoms with Crippen LogP contribution in [0.1, 0.15) is 36.9 Å². The molecular weight excluding hydrogens is 398 g/mol. The number of carbonyl (C=O) groups excluding carboxylic acids is 2. The Balaban J connectivity index is 1.50. The van der Waals surface area contributed by atoms with E-state index in [2.05, 4.69) is 5.32 Å². The van der Waals surface area contributed by atoms with Crippen LogP contribution in [0.2, 0.25) is 0 Å². The van der Waals surface area contributed by atoms with Crippen molar-refractivity contribution in [2.75, 3.05) is 13.2 Å². The van der Waals surface area contributed by atoms with Crippen molar-refractivity contribution in [2.24, 2.45) is 0 Å². The maximum Gasteiger partial charge on any atom is 0.344 e. The minimum Gasteiger partial charge on any atom is -0.482 e. The van der Waals surface area contributed by atoms with Crippen molar-refractivity contribution < 1.29 is 23.5 Å². The Morgan fingerprint density at radius 3 is 2.58 bits per heavy atom. The molecule has 0 bridgehead atoms. The lowest BCUT2D eigenvalue weighted by Crippen LogP contribution is -2.33. The largest absolute Gasteiger partial charge is 0.482 e. The summed E-state index contributed by atoms with van der Waals surface area (Å²) < 4.78 is 15.6. The maximum absolute atomic E-state index is 12.2. The van der Waals surface area contributed by atoms with Gasteiger partial charge in [0.1, 0.15) is 11.3 Å². The quantitative estimate of drug-likeness (QED) is 0.417. The minimum atomic E-state index is -0.673. The second-order valence-corrected chi connectivity index (χ2v) is 7.18. The van der Waals surface area contributed by atoms with Crippen molar-refractivity contribution >= 4 is 22.8 Å². The third-order valence-electron chi connectivity index (χ3n) is 4.76. The Morgan fingerprint density at radius 1 is 1.06 bits per heavy atom.